The molecule has 10 heteroatoms. The molecule has 0 radical (unpaired) electrons. The minimum atomic E-state index is -0.00157. The third-order valence-electron chi connectivity index (χ3n) is 5.29. The second-order valence-electron chi connectivity index (χ2n) is 7.24. The molecule has 4 heterocycles. The molecule has 2 saturated heterocycles. The number of aryl methyl sites for hydroxylation is 1. The van der Waals surface area contributed by atoms with Gasteiger partial charge in [0.25, 0.3) is 0 Å². The van der Waals surface area contributed by atoms with Crippen LogP contribution in [0.5, 0.6) is 0 Å². The topological polar surface area (TPSA) is 80.0 Å². The second-order valence-corrected chi connectivity index (χ2v) is 7.24. The lowest BCUT2D eigenvalue weighted by Gasteiger charge is -2.35. The molecule has 2 aromatic heterocycles. The molecule has 164 valence electrons. The predicted octanol–water partition coefficient (Wildman–Crippen LogP) is 1.42. The molecular weight excluding hydrogens is 497 g/mol. The second kappa shape index (κ2) is 10.9. The van der Waals surface area contributed by atoms with Gasteiger partial charge in [0.15, 0.2) is 5.96 Å². The van der Waals surface area contributed by atoms with Gasteiger partial charge in [0.05, 0.1) is 32.6 Å². The fraction of sp³-hybridized carbons (Fsp3) is 0.550. The highest BCUT2D eigenvalue weighted by Gasteiger charge is 2.25. The number of nitrogens with zero attached hydrogens (tertiary/aromatic N) is 6. The summed E-state index contributed by atoms with van der Waals surface area (Å²) in [7, 11) is 3.74. The van der Waals surface area contributed by atoms with Crippen LogP contribution in [0.25, 0.3) is 0 Å². The number of guanidine groups is 1. The molecule has 0 aliphatic carbocycles. The normalized spacial score (nSPS) is 20.1. The average molecular weight is 527 g/mol. The molecule has 9 nitrogen and oxygen atoms in total. The maximum absolute atomic E-state index is 5.96. The standard InChI is InChI=1S/C20H29N7O2.HI/c1-21-20(27-8-11-29-18(15-27)17-13-24-25(2)14-17)23-12-16-4-3-5-22-19(16)26-6-9-28-10-7-26;/h3-5,13-14,18H,6-12,15H2,1-2H3,(H,21,23);1H. The fourth-order valence-corrected chi connectivity index (χ4v) is 3.78. The Morgan fingerprint density at radius 2 is 2.10 bits per heavy atom. The summed E-state index contributed by atoms with van der Waals surface area (Å²) in [6.45, 7) is 6.11. The lowest BCUT2D eigenvalue weighted by molar-refractivity contribution is -0.00805. The van der Waals surface area contributed by atoms with Crippen molar-refractivity contribution >= 4 is 35.8 Å². The first-order valence-electron chi connectivity index (χ1n) is 10.1. The Balaban J connectivity index is 0.00000256. The molecule has 1 atom stereocenters. The van der Waals surface area contributed by atoms with E-state index in [0.717, 1.165) is 62.3 Å². The molecule has 4 rings (SSSR count). The Bertz CT molecular complexity index is 838. The number of ether oxygens (including phenoxy) is 2. The number of morpholine rings is 2. The molecule has 0 amide bonds. The van der Waals surface area contributed by atoms with E-state index in [4.69, 9.17) is 9.47 Å². The first kappa shape index (κ1) is 22.8. The Morgan fingerprint density at radius 1 is 1.27 bits per heavy atom. The first-order valence-corrected chi connectivity index (χ1v) is 10.1. The fourth-order valence-electron chi connectivity index (χ4n) is 3.78. The number of aromatic nitrogens is 3. The van der Waals surface area contributed by atoms with E-state index >= 15 is 0 Å². The van der Waals surface area contributed by atoms with Crippen LogP contribution in [0, 0.1) is 0 Å². The van der Waals surface area contributed by atoms with Gasteiger partial charge in [-0.25, -0.2) is 4.98 Å². The Kier molecular flexibility index (Phi) is 8.28. The SMILES string of the molecule is CN=C(NCc1cccnc1N1CCOCC1)N1CCOC(c2cnn(C)c2)C1.I. The molecule has 0 spiro atoms. The van der Waals surface area contributed by atoms with Gasteiger partial charge < -0.3 is 24.6 Å². The number of hydrogen-bond donors (Lipinski definition) is 1. The highest BCUT2D eigenvalue weighted by atomic mass is 127. The maximum Gasteiger partial charge on any atom is 0.194 e. The van der Waals surface area contributed by atoms with E-state index in [1.807, 2.05) is 38.8 Å². The van der Waals surface area contributed by atoms with E-state index < -0.39 is 0 Å². The van der Waals surface area contributed by atoms with Crippen LogP contribution in [0.4, 0.5) is 5.82 Å². The molecule has 2 aromatic rings. The Morgan fingerprint density at radius 3 is 2.83 bits per heavy atom. The summed E-state index contributed by atoms with van der Waals surface area (Å²) in [6.07, 6.45) is 5.73. The molecule has 30 heavy (non-hydrogen) atoms. The number of nitrogens with one attached hydrogen (secondary N) is 1. The molecule has 2 aliphatic heterocycles. The van der Waals surface area contributed by atoms with Gasteiger partial charge in [0.1, 0.15) is 11.9 Å². The van der Waals surface area contributed by atoms with Crippen molar-refractivity contribution in [3.05, 3.63) is 41.9 Å². The third-order valence-corrected chi connectivity index (χ3v) is 5.29. The van der Waals surface area contributed by atoms with Crippen molar-refractivity contribution in [2.75, 3.05) is 57.9 Å². The van der Waals surface area contributed by atoms with Gasteiger partial charge >= 0.3 is 0 Å². The first-order chi connectivity index (χ1) is 14.2. The van der Waals surface area contributed by atoms with Gasteiger partial charge in [0.2, 0.25) is 0 Å². The minimum absolute atomic E-state index is 0. The highest BCUT2D eigenvalue weighted by Crippen LogP contribution is 2.22. The smallest absolute Gasteiger partial charge is 0.194 e. The molecule has 1 N–H and O–H groups in total. The summed E-state index contributed by atoms with van der Waals surface area (Å²) in [5.74, 6) is 1.90. The van der Waals surface area contributed by atoms with E-state index in [0.29, 0.717) is 13.2 Å². The van der Waals surface area contributed by atoms with Crippen LogP contribution in [-0.4, -0.2) is 78.7 Å². The van der Waals surface area contributed by atoms with Crippen molar-refractivity contribution in [1.29, 1.82) is 0 Å². The predicted molar refractivity (Wildman–Crippen MR) is 126 cm³/mol. The summed E-state index contributed by atoms with van der Waals surface area (Å²) in [5.41, 5.74) is 2.25. The number of hydrogen-bond acceptors (Lipinski definition) is 6. The Labute approximate surface area is 194 Å². The zero-order chi connectivity index (χ0) is 20.1. The van der Waals surface area contributed by atoms with E-state index in [1.165, 1.54) is 0 Å². The zero-order valence-corrected chi connectivity index (χ0v) is 19.9. The van der Waals surface area contributed by atoms with Gasteiger partial charge in [-0.05, 0) is 6.07 Å². The van der Waals surface area contributed by atoms with Crippen molar-refractivity contribution in [2.45, 2.75) is 12.6 Å². The van der Waals surface area contributed by atoms with Crippen LogP contribution in [0.15, 0.2) is 35.7 Å². The number of anilines is 1. The van der Waals surface area contributed by atoms with Crippen LogP contribution in [0.2, 0.25) is 0 Å². The monoisotopic (exact) mass is 527 g/mol. The molecule has 1 unspecified atom stereocenters. The van der Waals surface area contributed by atoms with E-state index in [2.05, 4.69) is 36.3 Å². The van der Waals surface area contributed by atoms with Gasteiger partial charge in [-0.2, -0.15) is 5.10 Å². The summed E-state index contributed by atoms with van der Waals surface area (Å²) >= 11 is 0. The number of pyridine rings is 1. The van der Waals surface area contributed by atoms with Crippen molar-refractivity contribution in [3.63, 3.8) is 0 Å². The van der Waals surface area contributed by atoms with Crippen molar-refractivity contribution < 1.29 is 9.47 Å². The van der Waals surface area contributed by atoms with Crippen LogP contribution < -0.4 is 10.2 Å². The van der Waals surface area contributed by atoms with Gasteiger partial charge in [-0.1, -0.05) is 6.07 Å². The van der Waals surface area contributed by atoms with Crippen molar-refractivity contribution in [1.82, 2.24) is 25.0 Å². The number of aliphatic imine (C=N–C) groups is 1. The molecule has 2 aliphatic rings. The van der Waals surface area contributed by atoms with E-state index in [1.54, 1.807) is 4.68 Å². The lowest BCUT2D eigenvalue weighted by atomic mass is 10.1. The molecule has 0 aromatic carbocycles. The Hall–Kier alpha value is -1.92. The van der Waals surface area contributed by atoms with Crippen LogP contribution in [-0.2, 0) is 23.1 Å². The highest BCUT2D eigenvalue weighted by molar-refractivity contribution is 14.0. The summed E-state index contributed by atoms with van der Waals surface area (Å²) in [4.78, 5) is 13.7. The molecule has 0 saturated carbocycles. The largest absolute Gasteiger partial charge is 0.378 e. The quantitative estimate of drug-likeness (QED) is 0.366. The number of halogens is 1. The van der Waals surface area contributed by atoms with E-state index in [9.17, 15) is 0 Å². The van der Waals surface area contributed by atoms with Crippen LogP contribution >= 0.6 is 24.0 Å². The van der Waals surface area contributed by atoms with E-state index in [-0.39, 0.29) is 30.1 Å². The molecule has 2 fully saturated rings. The third kappa shape index (κ3) is 5.41. The van der Waals surface area contributed by atoms with Crippen molar-refractivity contribution in [2.24, 2.45) is 12.0 Å². The minimum Gasteiger partial charge on any atom is -0.378 e. The summed E-state index contributed by atoms with van der Waals surface area (Å²) in [5, 5.41) is 7.78. The van der Waals surface area contributed by atoms with Crippen LogP contribution in [0.1, 0.15) is 17.2 Å². The maximum atomic E-state index is 5.96. The summed E-state index contributed by atoms with van der Waals surface area (Å²) in [6, 6.07) is 4.10. The summed E-state index contributed by atoms with van der Waals surface area (Å²) < 4.78 is 13.2. The zero-order valence-electron chi connectivity index (χ0n) is 17.5. The average Bonchev–Trinajstić information content (AvgIpc) is 3.22. The van der Waals surface area contributed by atoms with Gasteiger partial charge in [-0.15, -0.1) is 24.0 Å². The van der Waals surface area contributed by atoms with Gasteiger partial charge in [-0.3, -0.25) is 9.67 Å². The van der Waals surface area contributed by atoms with Gasteiger partial charge in [0, 0.05) is 63.8 Å². The lowest BCUT2D eigenvalue weighted by Crippen LogP contribution is -2.48. The van der Waals surface area contributed by atoms with Crippen molar-refractivity contribution in [3.8, 4) is 0 Å². The number of rotatable bonds is 4. The molecular formula is C20H30IN7O2. The van der Waals surface area contributed by atoms with Crippen LogP contribution in [0.3, 0.4) is 0 Å². The molecule has 0 bridgehead atoms.